The minimum absolute atomic E-state index is 0.0499. The van der Waals surface area contributed by atoms with Crippen molar-refractivity contribution in [2.75, 3.05) is 6.61 Å². The summed E-state index contributed by atoms with van der Waals surface area (Å²) >= 11 is 6.01. The predicted molar refractivity (Wildman–Crippen MR) is 72.4 cm³/mol. The monoisotopic (exact) mass is 277 g/mol. The second-order valence-corrected chi connectivity index (χ2v) is 5.75. The zero-order chi connectivity index (χ0) is 13.3. The van der Waals surface area contributed by atoms with Gasteiger partial charge in [0.25, 0.3) is 0 Å². The molecule has 3 nitrogen and oxygen atoms in total. The zero-order valence-corrected chi connectivity index (χ0v) is 11.4. The molecule has 1 aromatic rings. The highest BCUT2D eigenvalue weighted by Crippen LogP contribution is 2.43. The topological polar surface area (TPSA) is 42.2 Å². The SMILES string of the molecule is N#Cc1c(Cl)cccc1OC1CCOC2(CCC2)C1. The Morgan fingerprint density at radius 3 is 2.95 bits per heavy atom. The number of nitriles is 1. The van der Waals surface area contributed by atoms with E-state index in [0.29, 0.717) is 16.3 Å². The van der Waals surface area contributed by atoms with Crippen molar-refractivity contribution in [3.8, 4) is 11.8 Å². The van der Waals surface area contributed by atoms with Gasteiger partial charge in [0.15, 0.2) is 0 Å². The summed E-state index contributed by atoms with van der Waals surface area (Å²) in [5.74, 6) is 0.594. The molecule has 1 heterocycles. The van der Waals surface area contributed by atoms with Crippen LogP contribution in [-0.2, 0) is 4.74 Å². The van der Waals surface area contributed by atoms with E-state index in [0.717, 1.165) is 32.3 Å². The second kappa shape index (κ2) is 5.03. The molecule has 3 rings (SSSR count). The molecule has 0 bridgehead atoms. The molecule has 4 heteroatoms. The standard InChI is InChI=1S/C15H16ClNO2/c16-13-3-1-4-14(12(13)10-17)19-11-5-8-18-15(9-11)6-2-7-15/h1,3-4,11H,2,5-9H2. The highest BCUT2D eigenvalue weighted by atomic mass is 35.5. The summed E-state index contributed by atoms with van der Waals surface area (Å²) in [5, 5.41) is 9.60. The molecule has 0 amide bonds. The largest absolute Gasteiger partial charge is 0.489 e. The highest BCUT2D eigenvalue weighted by molar-refractivity contribution is 6.31. The van der Waals surface area contributed by atoms with E-state index in [2.05, 4.69) is 6.07 Å². The van der Waals surface area contributed by atoms with Crippen LogP contribution in [0.2, 0.25) is 5.02 Å². The summed E-state index contributed by atoms with van der Waals surface area (Å²) in [7, 11) is 0. The van der Waals surface area contributed by atoms with Crippen LogP contribution in [0.1, 0.15) is 37.7 Å². The Bertz CT molecular complexity index is 519. The van der Waals surface area contributed by atoms with Crippen molar-refractivity contribution < 1.29 is 9.47 Å². The summed E-state index contributed by atoms with van der Waals surface area (Å²) in [6.45, 7) is 0.743. The Hall–Kier alpha value is -1.24. The Morgan fingerprint density at radius 1 is 1.42 bits per heavy atom. The molecule has 100 valence electrons. The lowest BCUT2D eigenvalue weighted by Crippen LogP contribution is -2.48. The fourth-order valence-electron chi connectivity index (χ4n) is 2.89. The average molecular weight is 278 g/mol. The van der Waals surface area contributed by atoms with Gasteiger partial charge in [0, 0.05) is 12.8 Å². The first-order valence-corrected chi connectivity index (χ1v) is 7.09. The van der Waals surface area contributed by atoms with Crippen LogP contribution in [0.3, 0.4) is 0 Å². The van der Waals surface area contributed by atoms with E-state index in [1.807, 2.05) is 12.1 Å². The molecule has 1 aliphatic heterocycles. The van der Waals surface area contributed by atoms with Crippen LogP contribution in [0.25, 0.3) is 0 Å². The molecule has 2 fully saturated rings. The lowest BCUT2D eigenvalue weighted by molar-refractivity contribution is -0.153. The number of rotatable bonds is 2. The summed E-state index contributed by atoms with van der Waals surface area (Å²) < 4.78 is 11.9. The number of hydrogen-bond donors (Lipinski definition) is 0. The van der Waals surface area contributed by atoms with Crippen LogP contribution in [0.5, 0.6) is 5.75 Å². The highest BCUT2D eigenvalue weighted by Gasteiger charge is 2.43. The lowest BCUT2D eigenvalue weighted by Gasteiger charge is -2.46. The van der Waals surface area contributed by atoms with E-state index < -0.39 is 0 Å². The maximum Gasteiger partial charge on any atom is 0.139 e. The van der Waals surface area contributed by atoms with Crippen molar-refractivity contribution in [1.82, 2.24) is 0 Å². The van der Waals surface area contributed by atoms with Crippen molar-refractivity contribution in [3.05, 3.63) is 28.8 Å². The van der Waals surface area contributed by atoms with Gasteiger partial charge >= 0.3 is 0 Å². The molecule has 1 aliphatic carbocycles. The summed E-state index contributed by atoms with van der Waals surface area (Å²) in [4.78, 5) is 0. The van der Waals surface area contributed by atoms with E-state index in [-0.39, 0.29) is 11.7 Å². The Morgan fingerprint density at radius 2 is 2.26 bits per heavy atom. The van der Waals surface area contributed by atoms with Crippen molar-refractivity contribution in [1.29, 1.82) is 5.26 Å². The van der Waals surface area contributed by atoms with Gasteiger partial charge in [-0.15, -0.1) is 0 Å². The van der Waals surface area contributed by atoms with Crippen LogP contribution in [0.4, 0.5) is 0 Å². The molecule has 1 atom stereocenters. The predicted octanol–water partition coefficient (Wildman–Crippen LogP) is 3.69. The van der Waals surface area contributed by atoms with E-state index >= 15 is 0 Å². The zero-order valence-electron chi connectivity index (χ0n) is 10.7. The summed E-state index contributed by atoms with van der Waals surface area (Å²) in [6.07, 6.45) is 5.43. The number of benzene rings is 1. The molecular formula is C15H16ClNO2. The molecule has 0 radical (unpaired) electrons. The van der Waals surface area contributed by atoms with E-state index in [4.69, 9.17) is 26.3 Å². The number of hydrogen-bond acceptors (Lipinski definition) is 3. The lowest BCUT2D eigenvalue weighted by atomic mass is 9.74. The summed E-state index contributed by atoms with van der Waals surface area (Å²) in [6, 6.07) is 7.46. The number of nitrogens with zero attached hydrogens (tertiary/aromatic N) is 1. The van der Waals surface area contributed by atoms with Gasteiger partial charge < -0.3 is 9.47 Å². The molecule has 0 N–H and O–H groups in total. The molecule has 1 unspecified atom stereocenters. The first kappa shape index (κ1) is 12.8. The van der Waals surface area contributed by atoms with Gasteiger partial charge in [0.05, 0.1) is 17.2 Å². The first-order valence-electron chi connectivity index (χ1n) is 6.72. The Kier molecular flexibility index (Phi) is 3.38. The van der Waals surface area contributed by atoms with Crippen molar-refractivity contribution in [2.45, 2.75) is 43.8 Å². The van der Waals surface area contributed by atoms with E-state index in [1.165, 1.54) is 6.42 Å². The molecule has 2 aliphatic rings. The molecule has 19 heavy (non-hydrogen) atoms. The molecule has 0 aromatic heterocycles. The van der Waals surface area contributed by atoms with Gasteiger partial charge in [-0.05, 0) is 31.4 Å². The maximum absolute atomic E-state index is 9.15. The smallest absolute Gasteiger partial charge is 0.139 e. The Balaban J connectivity index is 1.75. The second-order valence-electron chi connectivity index (χ2n) is 5.34. The molecule has 1 aromatic carbocycles. The van der Waals surface area contributed by atoms with Crippen LogP contribution < -0.4 is 4.74 Å². The normalized spacial score (nSPS) is 24.5. The molecule has 1 saturated heterocycles. The van der Waals surface area contributed by atoms with Crippen molar-refractivity contribution in [3.63, 3.8) is 0 Å². The van der Waals surface area contributed by atoms with Crippen LogP contribution in [0.15, 0.2) is 18.2 Å². The molecule has 1 saturated carbocycles. The number of halogens is 1. The third-order valence-corrected chi connectivity index (χ3v) is 4.41. The van der Waals surface area contributed by atoms with Gasteiger partial charge in [0.1, 0.15) is 23.5 Å². The average Bonchev–Trinajstić information content (AvgIpc) is 2.38. The van der Waals surface area contributed by atoms with E-state index in [9.17, 15) is 0 Å². The minimum atomic E-state index is 0.0499. The van der Waals surface area contributed by atoms with Gasteiger partial charge in [0.2, 0.25) is 0 Å². The van der Waals surface area contributed by atoms with Crippen LogP contribution >= 0.6 is 11.6 Å². The first-order chi connectivity index (χ1) is 9.22. The molecule has 1 spiro atoms. The minimum Gasteiger partial charge on any atom is -0.489 e. The van der Waals surface area contributed by atoms with E-state index in [1.54, 1.807) is 6.07 Å². The van der Waals surface area contributed by atoms with Crippen molar-refractivity contribution >= 4 is 11.6 Å². The fraction of sp³-hybridized carbons (Fsp3) is 0.533. The van der Waals surface area contributed by atoms with Crippen LogP contribution in [0, 0.1) is 11.3 Å². The number of ether oxygens (including phenoxy) is 2. The summed E-state index contributed by atoms with van der Waals surface area (Å²) in [5.41, 5.74) is 0.479. The molecular weight excluding hydrogens is 262 g/mol. The van der Waals surface area contributed by atoms with Gasteiger partial charge in [-0.3, -0.25) is 0 Å². The van der Waals surface area contributed by atoms with Crippen molar-refractivity contribution in [2.24, 2.45) is 0 Å². The Labute approximate surface area is 118 Å². The van der Waals surface area contributed by atoms with Gasteiger partial charge in [-0.2, -0.15) is 5.26 Å². The maximum atomic E-state index is 9.15. The fourth-order valence-corrected chi connectivity index (χ4v) is 3.10. The van der Waals surface area contributed by atoms with Gasteiger partial charge in [-0.25, -0.2) is 0 Å². The van der Waals surface area contributed by atoms with Crippen LogP contribution in [-0.4, -0.2) is 18.3 Å². The third kappa shape index (κ3) is 2.43. The third-order valence-electron chi connectivity index (χ3n) is 4.09. The quantitative estimate of drug-likeness (QED) is 0.828. The van der Waals surface area contributed by atoms with Gasteiger partial charge in [-0.1, -0.05) is 17.7 Å².